The standard InChI is InChI=1S/C18H16O4S/c1-12(20)13-7-9-14(10-8-13)16(21)18(23)17(22-11-19)15-5-3-2-4-6-15/h2-11,17-18,23H,1H3. The van der Waals surface area contributed by atoms with Gasteiger partial charge in [0.2, 0.25) is 0 Å². The predicted molar refractivity (Wildman–Crippen MR) is 89.9 cm³/mol. The summed E-state index contributed by atoms with van der Waals surface area (Å²) >= 11 is 4.34. The lowest BCUT2D eigenvalue weighted by molar-refractivity contribution is -0.133. The number of thiol groups is 1. The molecule has 0 fully saturated rings. The maximum Gasteiger partial charge on any atom is 0.293 e. The molecule has 0 aliphatic carbocycles. The fourth-order valence-electron chi connectivity index (χ4n) is 2.22. The van der Waals surface area contributed by atoms with E-state index in [0.29, 0.717) is 23.2 Å². The summed E-state index contributed by atoms with van der Waals surface area (Å²) < 4.78 is 5.06. The molecule has 0 heterocycles. The van der Waals surface area contributed by atoms with Crippen LogP contribution in [-0.2, 0) is 9.53 Å². The molecule has 0 amide bonds. The zero-order valence-corrected chi connectivity index (χ0v) is 13.4. The van der Waals surface area contributed by atoms with Crippen LogP contribution in [0.15, 0.2) is 54.6 Å². The van der Waals surface area contributed by atoms with Gasteiger partial charge in [0.1, 0.15) is 11.4 Å². The van der Waals surface area contributed by atoms with Gasteiger partial charge in [-0.2, -0.15) is 12.6 Å². The molecule has 0 aliphatic rings. The highest BCUT2D eigenvalue weighted by Crippen LogP contribution is 2.27. The first-order valence-corrected chi connectivity index (χ1v) is 7.53. The van der Waals surface area contributed by atoms with Gasteiger partial charge in [-0.05, 0) is 12.5 Å². The van der Waals surface area contributed by atoms with E-state index in [1.165, 1.54) is 6.92 Å². The highest BCUT2D eigenvalue weighted by Gasteiger charge is 2.28. The van der Waals surface area contributed by atoms with Crippen molar-refractivity contribution in [1.82, 2.24) is 0 Å². The molecule has 2 aromatic carbocycles. The second-order valence-corrected chi connectivity index (χ2v) is 5.56. The largest absolute Gasteiger partial charge is 0.458 e. The summed E-state index contributed by atoms with van der Waals surface area (Å²) in [5.74, 6) is -0.350. The highest BCUT2D eigenvalue weighted by atomic mass is 32.1. The van der Waals surface area contributed by atoms with Crippen molar-refractivity contribution >= 4 is 30.7 Å². The molecule has 2 aromatic rings. The van der Waals surface area contributed by atoms with Crippen LogP contribution in [0.4, 0.5) is 0 Å². The Morgan fingerprint density at radius 3 is 2.09 bits per heavy atom. The lowest BCUT2D eigenvalue weighted by atomic mass is 9.98. The van der Waals surface area contributed by atoms with Crippen LogP contribution in [0.1, 0.15) is 39.3 Å². The fourth-order valence-corrected chi connectivity index (χ4v) is 2.61. The molecule has 118 valence electrons. The fraction of sp³-hybridized carbons (Fsp3) is 0.167. The first-order valence-electron chi connectivity index (χ1n) is 7.02. The van der Waals surface area contributed by atoms with Crippen LogP contribution in [0.2, 0.25) is 0 Å². The summed E-state index contributed by atoms with van der Waals surface area (Å²) in [6.07, 6.45) is -0.781. The van der Waals surface area contributed by atoms with Gasteiger partial charge in [-0.1, -0.05) is 54.6 Å². The third kappa shape index (κ3) is 4.07. The van der Waals surface area contributed by atoms with Crippen LogP contribution in [0.3, 0.4) is 0 Å². The Bertz CT molecular complexity index is 695. The maximum absolute atomic E-state index is 12.6. The van der Waals surface area contributed by atoms with Gasteiger partial charge in [0.05, 0.1) is 0 Å². The van der Waals surface area contributed by atoms with Crippen molar-refractivity contribution < 1.29 is 19.1 Å². The van der Waals surface area contributed by atoms with Gasteiger partial charge in [-0.3, -0.25) is 14.4 Å². The summed E-state index contributed by atoms with van der Waals surface area (Å²) in [6, 6.07) is 15.3. The van der Waals surface area contributed by atoms with Crippen molar-refractivity contribution in [3.8, 4) is 0 Å². The van der Waals surface area contributed by atoms with Crippen molar-refractivity contribution in [2.45, 2.75) is 18.3 Å². The number of benzene rings is 2. The minimum atomic E-state index is -0.842. The summed E-state index contributed by atoms with van der Waals surface area (Å²) in [4.78, 5) is 34.6. The lowest BCUT2D eigenvalue weighted by Gasteiger charge is -2.21. The average Bonchev–Trinajstić information content (AvgIpc) is 2.59. The first kappa shape index (κ1) is 17.0. The SMILES string of the molecule is CC(=O)c1ccc(C(=O)C(S)C(OC=O)c2ccccc2)cc1. The first-order chi connectivity index (χ1) is 11.0. The molecular formula is C18H16O4S. The lowest BCUT2D eigenvalue weighted by Crippen LogP contribution is -2.25. The van der Waals surface area contributed by atoms with Crippen LogP contribution >= 0.6 is 12.6 Å². The summed E-state index contributed by atoms with van der Waals surface area (Å²) in [5, 5.41) is -0.842. The van der Waals surface area contributed by atoms with Crippen molar-refractivity contribution in [3.05, 3.63) is 71.3 Å². The highest BCUT2D eigenvalue weighted by molar-refractivity contribution is 7.81. The Morgan fingerprint density at radius 1 is 1.00 bits per heavy atom. The van der Waals surface area contributed by atoms with Gasteiger partial charge in [-0.25, -0.2) is 0 Å². The minimum Gasteiger partial charge on any atom is -0.458 e. The van der Waals surface area contributed by atoms with Crippen molar-refractivity contribution in [3.63, 3.8) is 0 Å². The molecule has 2 unspecified atom stereocenters. The van der Waals surface area contributed by atoms with E-state index < -0.39 is 11.4 Å². The number of carbonyl (C=O) groups excluding carboxylic acids is 3. The number of hydrogen-bond acceptors (Lipinski definition) is 5. The van der Waals surface area contributed by atoms with Crippen molar-refractivity contribution in [2.75, 3.05) is 0 Å². The number of ketones is 2. The minimum absolute atomic E-state index is 0.0714. The monoisotopic (exact) mass is 328 g/mol. The van der Waals surface area contributed by atoms with E-state index in [-0.39, 0.29) is 11.6 Å². The van der Waals surface area contributed by atoms with Gasteiger partial charge in [-0.15, -0.1) is 0 Å². The Balaban J connectivity index is 2.25. The number of rotatable bonds is 7. The van der Waals surface area contributed by atoms with E-state index in [1.54, 1.807) is 48.5 Å². The average molecular weight is 328 g/mol. The van der Waals surface area contributed by atoms with E-state index in [2.05, 4.69) is 12.6 Å². The smallest absolute Gasteiger partial charge is 0.293 e. The second kappa shape index (κ2) is 7.74. The molecule has 23 heavy (non-hydrogen) atoms. The van der Waals surface area contributed by atoms with Crippen LogP contribution in [-0.4, -0.2) is 23.3 Å². The van der Waals surface area contributed by atoms with E-state index >= 15 is 0 Å². The maximum atomic E-state index is 12.6. The Morgan fingerprint density at radius 2 is 1.57 bits per heavy atom. The predicted octanol–water partition coefficient (Wildman–Crippen LogP) is 3.28. The molecule has 5 heteroatoms. The molecule has 2 atom stereocenters. The van der Waals surface area contributed by atoms with Gasteiger partial charge >= 0.3 is 0 Å². The third-order valence-corrected chi connectivity index (χ3v) is 3.97. The third-order valence-electron chi connectivity index (χ3n) is 3.46. The second-order valence-electron chi connectivity index (χ2n) is 5.01. The van der Waals surface area contributed by atoms with Gasteiger partial charge in [0.15, 0.2) is 11.6 Å². The topological polar surface area (TPSA) is 60.4 Å². The molecule has 0 aliphatic heterocycles. The van der Waals surface area contributed by atoms with Gasteiger partial charge in [0.25, 0.3) is 6.47 Å². The van der Waals surface area contributed by atoms with E-state index in [0.717, 1.165) is 0 Å². The Labute approximate surface area is 139 Å². The van der Waals surface area contributed by atoms with Gasteiger partial charge in [0, 0.05) is 11.1 Å². The number of hydrogen-bond donors (Lipinski definition) is 1. The van der Waals surface area contributed by atoms with Crippen LogP contribution in [0.25, 0.3) is 0 Å². The van der Waals surface area contributed by atoms with Crippen molar-refractivity contribution in [1.29, 1.82) is 0 Å². The van der Waals surface area contributed by atoms with E-state index in [4.69, 9.17) is 4.74 Å². The molecule has 4 nitrogen and oxygen atoms in total. The molecule has 0 radical (unpaired) electrons. The molecule has 0 bridgehead atoms. The number of Topliss-reactive ketones (excluding diaryl/α,β-unsaturated/α-hetero) is 2. The van der Waals surface area contributed by atoms with Crippen LogP contribution in [0, 0.1) is 0 Å². The Hall–Kier alpha value is -2.40. The summed E-state index contributed by atoms with van der Waals surface area (Å²) in [6.45, 7) is 1.77. The molecule has 0 aromatic heterocycles. The molecule has 0 saturated heterocycles. The quantitative estimate of drug-likeness (QED) is 0.481. The molecule has 0 saturated carbocycles. The summed E-state index contributed by atoms with van der Waals surface area (Å²) in [5.41, 5.74) is 1.62. The van der Waals surface area contributed by atoms with Crippen LogP contribution < -0.4 is 0 Å². The number of ether oxygens (including phenoxy) is 1. The molecule has 0 N–H and O–H groups in total. The van der Waals surface area contributed by atoms with Crippen molar-refractivity contribution in [2.24, 2.45) is 0 Å². The molecule has 2 rings (SSSR count). The zero-order valence-electron chi connectivity index (χ0n) is 12.5. The normalized spacial score (nSPS) is 13.0. The molecule has 0 spiro atoms. The van der Waals surface area contributed by atoms with E-state index in [1.807, 2.05) is 6.07 Å². The molecular weight excluding hydrogens is 312 g/mol. The Kier molecular flexibility index (Phi) is 5.71. The van der Waals surface area contributed by atoms with E-state index in [9.17, 15) is 14.4 Å². The number of carbonyl (C=O) groups is 3. The van der Waals surface area contributed by atoms with Gasteiger partial charge < -0.3 is 4.74 Å². The summed E-state index contributed by atoms with van der Waals surface area (Å²) in [7, 11) is 0. The zero-order chi connectivity index (χ0) is 16.8. The van der Waals surface area contributed by atoms with Crippen LogP contribution in [0.5, 0.6) is 0 Å².